The number of aliphatic hydroxyl groups excluding tert-OH is 1. The largest absolute Gasteiger partial charge is 0.388 e. The van der Waals surface area contributed by atoms with Gasteiger partial charge in [0.25, 0.3) is 0 Å². The summed E-state index contributed by atoms with van der Waals surface area (Å²) in [4.78, 5) is 0. The van der Waals surface area contributed by atoms with Crippen LogP contribution < -0.4 is 0 Å². The van der Waals surface area contributed by atoms with E-state index in [0.29, 0.717) is 5.82 Å². The summed E-state index contributed by atoms with van der Waals surface area (Å²) < 4.78 is 2.01. The van der Waals surface area contributed by atoms with Crippen LogP contribution in [-0.4, -0.2) is 19.9 Å². The Balaban J connectivity index is 2.60. The van der Waals surface area contributed by atoms with Crippen molar-refractivity contribution in [3.05, 3.63) is 35.2 Å². The van der Waals surface area contributed by atoms with Crippen molar-refractivity contribution in [2.24, 2.45) is 0 Å². The Morgan fingerprint density at radius 2 is 1.83 bits per heavy atom. The molecule has 0 bridgehead atoms. The lowest BCUT2D eigenvalue weighted by Crippen LogP contribution is -2.06. The molecule has 96 valence electrons. The van der Waals surface area contributed by atoms with Crippen molar-refractivity contribution in [3.8, 4) is 11.4 Å². The SMILES string of the molecule is CCCn1c(CO)nnc1-c1c(C)cccc1C. The van der Waals surface area contributed by atoms with Gasteiger partial charge in [-0.15, -0.1) is 10.2 Å². The average molecular weight is 245 g/mol. The summed E-state index contributed by atoms with van der Waals surface area (Å²) in [6, 6.07) is 6.19. The van der Waals surface area contributed by atoms with Crippen molar-refractivity contribution in [2.75, 3.05) is 0 Å². The number of hydrogen-bond acceptors (Lipinski definition) is 3. The normalized spacial score (nSPS) is 10.9. The van der Waals surface area contributed by atoms with E-state index in [9.17, 15) is 5.11 Å². The zero-order valence-electron chi connectivity index (χ0n) is 11.1. The Morgan fingerprint density at radius 3 is 2.39 bits per heavy atom. The predicted octanol–water partition coefficient (Wildman–Crippen LogP) is 2.46. The van der Waals surface area contributed by atoms with E-state index in [1.807, 2.05) is 10.6 Å². The van der Waals surface area contributed by atoms with Crippen molar-refractivity contribution in [1.29, 1.82) is 0 Å². The van der Waals surface area contributed by atoms with Gasteiger partial charge in [-0.3, -0.25) is 0 Å². The van der Waals surface area contributed by atoms with E-state index in [1.165, 1.54) is 11.1 Å². The van der Waals surface area contributed by atoms with Gasteiger partial charge in [0.1, 0.15) is 6.61 Å². The smallest absolute Gasteiger partial charge is 0.164 e. The minimum atomic E-state index is -0.0715. The first kappa shape index (κ1) is 12.8. The molecule has 1 aromatic heterocycles. The molecule has 0 saturated heterocycles. The van der Waals surface area contributed by atoms with E-state index in [-0.39, 0.29) is 6.61 Å². The fourth-order valence-corrected chi connectivity index (χ4v) is 2.26. The van der Waals surface area contributed by atoms with E-state index in [1.54, 1.807) is 0 Å². The highest BCUT2D eigenvalue weighted by atomic mass is 16.3. The molecule has 0 radical (unpaired) electrons. The standard InChI is InChI=1S/C14H19N3O/c1-4-8-17-12(9-18)15-16-14(17)13-10(2)6-5-7-11(13)3/h5-7,18H,4,8-9H2,1-3H3. The summed E-state index contributed by atoms with van der Waals surface area (Å²) >= 11 is 0. The van der Waals surface area contributed by atoms with Gasteiger partial charge in [0.05, 0.1) is 0 Å². The van der Waals surface area contributed by atoms with Gasteiger partial charge < -0.3 is 9.67 Å². The molecule has 0 fully saturated rings. The molecule has 2 rings (SSSR count). The molecule has 0 amide bonds. The second-order valence-electron chi connectivity index (χ2n) is 4.52. The molecule has 1 N–H and O–H groups in total. The minimum Gasteiger partial charge on any atom is -0.388 e. The first-order valence-corrected chi connectivity index (χ1v) is 6.28. The average Bonchev–Trinajstić information content (AvgIpc) is 2.73. The van der Waals surface area contributed by atoms with Crippen LogP contribution in [0.3, 0.4) is 0 Å². The summed E-state index contributed by atoms with van der Waals surface area (Å²) in [6.45, 7) is 7.01. The molecule has 0 saturated carbocycles. The van der Waals surface area contributed by atoms with Crippen LogP contribution in [0, 0.1) is 13.8 Å². The van der Waals surface area contributed by atoms with E-state index in [0.717, 1.165) is 24.4 Å². The van der Waals surface area contributed by atoms with Crippen LogP contribution in [-0.2, 0) is 13.2 Å². The molecule has 1 aromatic carbocycles. The molecule has 1 heterocycles. The Morgan fingerprint density at radius 1 is 1.17 bits per heavy atom. The van der Waals surface area contributed by atoms with Crippen LogP contribution in [0.2, 0.25) is 0 Å². The van der Waals surface area contributed by atoms with Crippen molar-refractivity contribution < 1.29 is 5.11 Å². The number of aromatic nitrogens is 3. The van der Waals surface area contributed by atoms with Crippen molar-refractivity contribution in [3.63, 3.8) is 0 Å². The maximum Gasteiger partial charge on any atom is 0.164 e. The fourth-order valence-electron chi connectivity index (χ4n) is 2.26. The summed E-state index contributed by atoms with van der Waals surface area (Å²) in [5.74, 6) is 1.49. The molecule has 0 spiro atoms. The summed E-state index contributed by atoms with van der Waals surface area (Å²) in [5.41, 5.74) is 3.49. The van der Waals surface area contributed by atoms with Gasteiger partial charge in [-0.25, -0.2) is 0 Å². The lowest BCUT2D eigenvalue weighted by atomic mass is 10.0. The number of aryl methyl sites for hydroxylation is 2. The molecule has 4 heteroatoms. The van der Waals surface area contributed by atoms with E-state index >= 15 is 0 Å². The van der Waals surface area contributed by atoms with Crippen molar-refractivity contribution in [2.45, 2.75) is 40.3 Å². The molecule has 0 aliphatic heterocycles. The van der Waals surface area contributed by atoms with Crippen LogP contribution in [0.5, 0.6) is 0 Å². The first-order chi connectivity index (χ1) is 8.69. The van der Waals surface area contributed by atoms with Crippen LogP contribution in [0.25, 0.3) is 11.4 Å². The third kappa shape index (κ3) is 2.16. The van der Waals surface area contributed by atoms with Gasteiger partial charge >= 0.3 is 0 Å². The Kier molecular flexibility index (Phi) is 3.77. The second kappa shape index (κ2) is 5.31. The second-order valence-corrected chi connectivity index (χ2v) is 4.52. The zero-order chi connectivity index (χ0) is 13.1. The summed E-state index contributed by atoms with van der Waals surface area (Å²) in [5, 5.41) is 17.6. The minimum absolute atomic E-state index is 0.0715. The number of aliphatic hydroxyl groups is 1. The molecule has 18 heavy (non-hydrogen) atoms. The fraction of sp³-hybridized carbons (Fsp3) is 0.429. The van der Waals surface area contributed by atoms with Crippen LogP contribution >= 0.6 is 0 Å². The quantitative estimate of drug-likeness (QED) is 0.900. The van der Waals surface area contributed by atoms with E-state index in [2.05, 4.69) is 43.1 Å². The third-order valence-corrected chi connectivity index (χ3v) is 3.12. The molecule has 0 aliphatic rings. The molecular formula is C14H19N3O. The lowest BCUT2D eigenvalue weighted by molar-refractivity contribution is 0.264. The highest BCUT2D eigenvalue weighted by molar-refractivity contribution is 5.64. The number of nitrogens with zero attached hydrogens (tertiary/aromatic N) is 3. The molecule has 0 aliphatic carbocycles. The molecular weight excluding hydrogens is 226 g/mol. The summed E-state index contributed by atoms with van der Waals surface area (Å²) in [7, 11) is 0. The molecule has 4 nitrogen and oxygen atoms in total. The van der Waals surface area contributed by atoms with Gasteiger partial charge in [0.2, 0.25) is 0 Å². The molecule has 0 atom stereocenters. The Labute approximate surface area is 107 Å². The maximum absolute atomic E-state index is 9.32. The zero-order valence-corrected chi connectivity index (χ0v) is 11.1. The summed E-state index contributed by atoms with van der Waals surface area (Å²) in [6.07, 6.45) is 0.989. The van der Waals surface area contributed by atoms with Crippen LogP contribution in [0.4, 0.5) is 0 Å². The van der Waals surface area contributed by atoms with E-state index < -0.39 is 0 Å². The topological polar surface area (TPSA) is 50.9 Å². The van der Waals surface area contributed by atoms with Gasteiger partial charge in [0.15, 0.2) is 11.6 Å². The lowest BCUT2D eigenvalue weighted by Gasteiger charge is -2.12. The Bertz CT molecular complexity index is 526. The molecule has 0 unspecified atom stereocenters. The highest BCUT2D eigenvalue weighted by Crippen LogP contribution is 2.26. The van der Waals surface area contributed by atoms with Gasteiger partial charge in [-0.2, -0.15) is 0 Å². The van der Waals surface area contributed by atoms with Gasteiger partial charge in [-0.1, -0.05) is 25.1 Å². The van der Waals surface area contributed by atoms with E-state index in [4.69, 9.17) is 0 Å². The first-order valence-electron chi connectivity index (χ1n) is 6.28. The third-order valence-electron chi connectivity index (χ3n) is 3.12. The van der Waals surface area contributed by atoms with Crippen molar-refractivity contribution in [1.82, 2.24) is 14.8 Å². The van der Waals surface area contributed by atoms with Crippen LogP contribution in [0.1, 0.15) is 30.3 Å². The number of benzene rings is 1. The van der Waals surface area contributed by atoms with Crippen LogP contribution in [0.15, 0.2) is 18.2 Å². The number of rotatable bonds is 4. The number of hydrogen-bond donors (Lipinski definition) is 1. The highest BCUT2D eigenvalue weighted by Gasteiger charge is 2.15. The monoisotopic (exact) mass is 245 g/mol. The maximum atomic E-state index is 9.32. The predicted molar refractivity (Wildman–Crippen MR) is 71.1 cm³/mol. The van der Waals surface area contributed by atoms with Gasteiger partial charge in [0, 0.05) is 12.1 Å². The Hall–Kier alpha value is -1.68. The van der Waals surface area contributed by atoms with Crippen molar-refractivity contribution >= 4 is 0 Å². The van der Waals surface area contributed by atoms with Gasteiger partial charge in [-0.05, 0) is 31.4 Å². The molecule has 2 aromatic rings.